The van der Waals surface area contributed by atoms with Gasteiger partial charge in [-0.25, -0.2) is 4.68 Å². The van der Waals surface area contributed by atoms with Crippen molar-refractivity contribution in [1.29, 1.82) is 0 Å². The monoisotopic (exact) mass is 234 g/mol. The van der Waals surface area contributed by atoms with Gasteiger partial charge < -0.3 is 0 Å². The van der Waals surface area contributed by atoms with Gasteiger partial charge in [0.2, 0.25) is 0 Å². The Kier molecular flexibility index (Phi) is 3.06. The van der Waals surface area contributed by atoms with Crippen molar-refractivity contribution in [3.63, 3.8) is 0 Å². The maximum Gasteiger partial charge on any atom is 0.162 e. The van der Waals surface area contributed by atoms with E-state index < -0.39 is 0 Å². The van der Waals surface area contributed by atoms with Crippen LogP contribution < -0.4 is 0 Å². The van der Waals surface area contributed by atoms with Crippen LogP contribution in [0.5, 0.6) is 0 Å². The lowest BCUT2D eigenvalue weighted by atomic mass is 10.1. The number of rotatable bonds is 3. The van der Waals surface area contributed by atoms with Crippen LogP contribution in [0.4, 0.5) is 0 Å². The van der Waals surface area contributed by atoms with Gasteiger partial charge in [0.25, 0.3) is 0 Å². The van der Waals surface area contributed by atoms with Crippen LogP contribution >= 0.6 is 11.6 Å². The smallest absolute Gasteiger partial charge is 0.162 e. The SMILES string of the molecule is CCC(=O)c1ccc(-n2cc(Cl)cn2)cc1. The summed E-state index contributed by atoms with van der Waals surface area (Å²) in [6.45, 7) is 1.85. The molecule has 0 spiro atoms. The molecule has 2 aromatic rings. The van der Waals surface area contributed by atoms with Crippen molar-refractivity contribution in [3.8, 4) is 5.69 Å². The van der Waals surface area contributed by atoms with Crippen LogP contribution in [0, 0.1) is 0 Å². The molecule has 0 atom stereocenters. The lowest BCUT2D eigenvalue weighted by molar-refractivity contribution is 0.0988. The first-order valence-corrected chi connectivity index (χ1v) is 5.42. The first-order valence-electron chi connectivity index (χ1n) is 5.04. The van der Waals surface area contributed by atoms with E-state index >= 15 is 0 Å². The zero-order chi connectivity index (χ0) is 11.5. The predicted molar refractivity (Wildman–Crippen MR) is 63.2 cm³/mol. The second-order valence-electron chi connectivity index (χ2n) is 3.43. The largest absolute Gasteiger partial charge is 0.294 e. The normalized spacial score (nSPS) is 10.4. The summed E-state index contributed by atoms with van der Waals surface area (Å²) in [7, 11) is 0. The zero-order valence-electron chi connectivity index (χ0n) is 8.85. The lowest BCUT2D eigenvalue weighted by Crippen LogP contribution is -1.98. The third-order valence-corrected chi connectivity index (χ3v) is 2.52. The highest BCUT2D eigenvalue weighted by Crippen LogP contribution is 2.13. The fourth-order valence-electron chi connectivity index (χ4n) is 1.45. The molecule has 1 aromatic carbocycles. The topological polar surface area (TPSA) is 34.9 Å². The predicted octanol–water partition coefficient (Wildman–Crippen LogP) is 3.12. The zero-order valence-corrected chi connectivity index (χ0v) is 9.61. The molecule has 1 aromatic heterocycles. The second kappa shape index (κ2) is 4.49. The van der Waals surface area contributed by atoms with Gasteiger partial charge in [-0.3, -0.25) is 4.79 Å². The Morgan fingerprint density at radius 1 is 1.38 bits per heavy atom. The lowest BCUT2D eigenvalue weighted by Gasteiger charge is -2.02. The minimum absolute atomic E-state index is 0.144. The Morgan fingerprint density at radius 3 is 2.56 bits per heavy atom. The molecule has 0 unspecified atom stereocenters. The van der Waals surface area contributed by atoms with Gasteiger partial charge in [-0.15, -0.1) is 0 Å². The molecule has 0 aliphatic rings. The molecule has 16 heavy (non-hydrogen) atoms. The van der Waals surface area contributed by atoms with Gasteiger partial charge in [0.1, 0.15) is 0 Å². The van der Waals surface area contributed by atoms with Crippen molar-refractivity contribution in [1.82, 2.24) is 9.78 Å². The summed E-state index contributed by atoms with van der Waals surface area (Å²) < 4.78 is 1.67. The number of carbonyl (C=O) groups is 1. The highest BCUT2D eigenvalue weighted by molar-refractivity contribution is 6.30. The van der Waals surface area contributed by atoms with Crippen LogP contribution in [0.2, 0.25) is 5.02 Å². The number of benzene rings is 1. The van der Waals surface area contributed by atoms with Crippen molar-refractivity contribution in [2.24, 2.45) is 0 Å². The third kappa shape index (κ3) is 2.14. The number of hydrogen-bond acceptors (Lipinski definition) is 2. The molecule has 0 fully saturated rings. The Hall–Kier alpha value is -1.61. The maximum absolute atomic E-state index is 11.4. The molecule has 0 N–H and O–H groups in total. The minimum atomic E-state index is 0.144. The van der Waals surface area contributed by atoms with E-state index in [1.807, 2.05) is 19.1 Å². The number of carbonyl (C=O) groups excluding carboxylic acids is 1. The van der Waals surface area contributed by atoms with E-state index in [-0.39, 0.29) is 5.78 Å². The van der Waals surface area contributed by atoms with Gasteiger partial charge in [-0.1, -0.05) is 18.5 Å². The minimum Gasteiger partial charge on any atom is -0.294 e. The van der Waals surface area contributed by atoms with Gasteiger partial charge in [0, 0.05) is 18.2 Å². The molecular formula is C12H11ClN2O. The molecule has 1 heterocycles. The molecule has 4 heteroatoms. The molecule has 82 valence electrons. The van der Waals surface area contributed by atoms with Gasteiger partial charge in [-0.05, 0) is 24.3 Å². The molecule has 3 nitrogen and oxygen atoms in total. The van der Waals surface area contributed by atoms with E-state index in [1.54, 1.807) is 29.2 Å². The second-order valence-corrected chi connectivity index (χ2v) is 3.86. The average Bonchev–Trinajstić information content (AvgIpc) is 2.75. The van der Waals surface area contributed by atoms with Crippen molar-refractivity contribution in [3.05, 3.63) is 47.2 Å². The summed E-state index contributed by atoms with van der Waals surface area (Å²) in [6, 6.07) is 7.31. The number of aromatic nitrogens is 2. The van der Waals surface area contributed by atoms with E-state index in [9.17, 15) is 4.79 Å². The standard InChI is InChI=1S/C12H11ClN2O/c1-2-12(16)9-3-5-11(6-4-9)15-8-10(13)7-14-15/h3-8H,2H2,1H3. The van der Waals surface area contributed by atoms with Crippen LogP contribution in [0.3, 0.4) is 0 Å². The highest BCUT2D eigenvalue weighted by Gasteiger charge is 2.03. The molecule has 0 bridgehead atoms. The molecule has 0 aliphatic heterocycles. The fourth-order valence-corrected chi connectivity index (χ4v) is 1.58. The van der Waals surface area contributed by atoms with E-state index in [0.717, 1.165) is 11.3 Å². The fraction of sp³-hybridized carbons (Fsp3) is 0.167. The van der Waals surface area contributed by atoms with Gasteiger partial charge >= 0.3 is 0 Å². The summed E-state index contributed by atoms with van der Waals surface area (Å²) in [6.07, 6.45) is 3.82. The Bertz CT molecular complexity index is 502. The number of halogens is 1. The van der Waals surface area contributed by atoms with Gasteiger partial charge in [-0.2, -0.15) is 5.10 Å². The molecule has 0 amide bonds. The molecule has 0 saturated heterocycles. The summed E-state index contributed by atoms with van der Waals surface area (Å²) in [5, 5.41) is 4.67. The van der Waals surface area contributed by atoms with Crippen molar-refractivity contribution >= 4 is 17.4 Å². The summed E-state index contributed by atoms with van der Waals surface area (Å²) in [4.78, 5) is 11.4. The van der Waals surface area contributed by atoms with Crippen molar-refractivity contribution < 1.29 is 4.79 Å². The van der Waals surface area contributed by atoms with Gasteiger partial charge in [0.05, 0.1) is 16.9 Å². The molecule has 0 saturated carbocycles. The summed E-state index contributed by atoms with van der Waals surface area (Å²) in [5.74, 6) is 0.144. The first kappa shape index (κ1) is 10.9. The summed E-state index contributed by atoms with van der Waals surface area (Å²) >= 11 is 5.78. The average molecular weight is 235 g/mol. The number of ketones is 1. The number of Topliss-reactive ketones (excluding diaryl/α,β-unsaturated/α-hetero) is 1. The van der Waals surface area contributed by atoms with E-state index in [1.165, 1.54) is 0 Å². The van der Waals surface area contributed by atoms with Crippen LogP contribution in [-0.2, 0) is 0 Å². The Morgan fingerprint density at radius 2 is 2.06 bits per heavy atom. The van der Waals surface area contributed by atoms with Crippen LogP contribution in [0.1, 0.15) is 23.7 Å². The Labute approximate surface area is 98.7 Å². The van der Waals surface area contributed by atoms with E-state index in [0.29, 0.717) is 11.4 Å². The number of hydrogen-bond donors (Lipinski definition) is 0. The number of nitrogens with zero attached hydrogens (tertiary/aromatic N) is 2. The van der Waals surface area contributed by atoms with Crippen LogP contribution in [0.15, 0.2) is 36.7 Å². The highest BCUT2D eigenvalue weighted by atomic mass is 35.5. The molecular weight excluding hydrogens is 224 g/mol. The molecule has 0 aliphatic carbocycles. The summed E-state index contributed by atoms with van der Waals surface area (Å²) in [5.41, 5.74) is 1.61. The molecule has 0 radical (unpaired) electrons. The first-order chi connectivity index (χ1) is 7.70. The van der Waals surface area contributed by atoms with E-state index in [4.69, 9.17) is 11.6 Å². The Balaban J connectivity index is 2.29. The van der Waals surface area contributed by atoms with Crippen LogP contribution in [0.25, 0.3) is 5.69 Å². The van der Waals surface area contributed by atoms with Crippen molar-refractivity contribution in [2.75, 3.05) is 0 Å². The third-order valence-electron chi connectivity index (χ3n) is 2.33. The maximum atomic E-state index is 11.4. The quantitative estimate of drug-likeness (QED) is 0.765. The van der Waals surface area contributed by atoms with E-state index in [2.05, 4.69) is 5.10 Å². The van der Waals surface area contributed by atoms with Crippen LogP contribution in [-0.4, -0.2) is 15.6 Å². The molecule has 2 rings (SSSR count). The van der Waals surface area contributed by atoms with Gasteiger partial charge in [0.15, 0.2) is 5.78 Å². The van der Waals surface area contributed by atoms with Crippen molar-refractivity contribution in [2.45, 2.75) is 13.3 Å².